The van der Waals surface area contributed by atoms with E-state index in [9.17, 15) is 9.59 Å². The minimum absolute atomic E-state index is 0.119. The lowest BCUT2D eigenvalue weighted by Crippen LogP contribution is -2.23. The monoisotopic (exact) mass is 391 g/mol. The fourth-order valence-corrected chi connectivity index (χ4v) is 3.76. The van der Waals surface area contributed by atoms with Gasteiger partial charge in [-0.15, -0.1) is 0 Å². The number of anilines is 1. The Bertz CT molecular complexity index is 834. The van der Waals surface area contributed by atoms with Crippen LogP contribution >= 0.6 is 23.5 Å². The van der Waals surface area contributed by atoms with Gasteiger partial charge in [-0.1, -0.05) is 43.3 Å². The van der Waals surface area contributed by atoms with Crippen LogP contribution in [0.15, 0.2) is 34.2 Å². The van der Waals surface area contributed by atoms with Crippen molar-refractivity contribution in [1.82, 2.24) is 9.97 Å². The molecule has 0 aliphatic carbocycles. The maximum Gasteiger partial charge on any atom is 0.251 e. The largest absolute Gasteiger partial charge is 0.325 e. The normalized spacial score (nSPS) is 12.2. The van der Waals surface area contributed by atoms with Crippen molar-refractivity contribution in [2.45, 2.75) is 56.0 Å². The molecule has 26 heavy (non-hydrogen) atoms. The molecule has 1 unspecified atom stereocenters. The Balaban J connectivity index is 2.05. The van der Waals surface area contributed by atoms with E-state index in [0.29, 0.717) is 16.2 Å². The highest BCUT2D eigenvalue weighted by atomic mass is 32.2. The van der Waals surface area contributed by atoms with Crippen molar-refractivity contribution in [2.75, 3.05) is 5.32 Å². The van der Waals surface area contributed by atoms with Crippen LogP contribution in [-0.4, -0.2) is 26.4 Å². The fraction of sp³-hybridized carbons (Fsp3) is 0.421. The van der Waals surface area contributed by atoms with Crippen LogP contribution in [0.2, 0.25) is 0 Å². The lowest BCUT2D eigenvalue weighted by molar-refractivity contribution is -0.115. The van der Waals surface area contributed by atoms with Crippen LogP contribution in [-0.2, 0) is 10.5 Å². The number of H-pyrrole nitrogens is 1. The molecule has 5 nitrogen and oxygen atoms in total. The average Bonchev–Trinajstić information content (AvgIpc) is 2.55. The van der Waals surface area contributed by atoms with Gasteiger partial charge in [-0.25, -0.2) is 4.98 Å². The molecule has 0 aliphatic rings. The standard InChI is InChI=1S/C19H25N3O2S2/c1-11(2)25-10-15-9-17(23)22-19(20-15)26-14(5)18(24)21-16-7-6-12(3)8-13(16)4/h6-9,11,14H,10H2,1-5H3,(H,21,24)(H,20,22,23). The minimum Gasteiger partial charge on any atom is -0.325 e. The number of benzene rings is 1. The first-order valence-corrected chi connectivity index (χ1v) is 10.4. The molecule has 1 aromatic heterocycles. The lowest BCUT2D eigenvalue weighted by atomic mass is 10.1. The van der Waals surface area contributed by atoms with Gasteiger partial charge in [0.15, 0.2) is 5.16 Å². The highest BCUT2D eigenvalue weighted by molar-refractivity contribution is 8.00. The van der Waals surface area contributed by atoms with E-state index in [0.717, 1.165) is 22.5 Å². The van der Waals surface area contributed by atoms with E-state index in [4.69, 9.17) is 0 Å². The molecule has 1 heterocycles. The molecule has 0 bridgehead atoms. The van der Waals surface area contributed by atoms with Crippen molar-refractivity contribution in [1.29, 1.82) is 0 Å². The molecule has 2 rings (SSSR count). The molecular formula is C19H25N3O2S2. The summed E-state index contributed by atoms with van der Waals surface area (Å²) < 4.78 is 0. The van der Waals surface area contributed by atoms with Crippen LogP contribution in [0.5, 0.6) is 0 Å². The van der Waals surface area contributed by atoms with Gasteiger partial charge in [0.05, 0.1) is 10.9 Å². The first-order chi connectivity index (χ1) is 12.2. The van der Waals surface area contributed by atoms with Crippen LogP contribution < -0.4 is 10.9 Å². The summed E-state index contributed by atoms with van der Waals surface area (Å²) in [5, 5.41) is 3.50. The lowest BCUT2D eigenvalue weighted by Gasteiger charge is -2.14. The number of aryl methyl sites for hydroxylation is 2. The molecule has 0 aliphatic heterocycles. The molecule has 1 atom stereocenters. The maximum atomic E-state index is 12.5. The third-order valence-corrected chi connectivity index (χ3v) is 5.75. The van der Waals surface area contributed by atoms with Crippen LogP contribution in [0.3, 0.4) is 0 Å². The zero-order valence-electron chi connectivity index (χ0n) is 15.8. The molecule has 0 fully saturated rings. The quantitative estimate of drug-likeness (QED) is 0.548. The average molecular weight is 392 g/mol. The van der Waals surface area contributed by atoms with Crippen molar-refractivity contribution in [2.24, 2.45) is 0 Å². The highest BCUT2D eigenvalue weighted by Gasteiger charge is 2.17. The van der Waals surface area contributed by atoms with E-state index in [1.807, 2.05) is 32.0 Å². The molecule has 2 aromatic rings. The van der Waals surface area contributed by atoms with E-state index in [2.05, 4.69) is 29.1 Å². The van der Waals surface area contributed by atoms with Gasteiger partial charge in [-0.3, -0.25) is 9.59 Å². The zero-order valence-corrected chi connectivity index (χ0v) is 17.4. The summed E-state index contributed by atoms with van der Waals surface area (Å²) in [5.74, 6) is 0.560. The molecule has 7 heteroatoms. The summed E-state index contributed by atoms with van der Waals surface area (Å²) in [7, 11) is 0. The molecule has 1 amide bonds. The number of carbonyl (C=O) groups is 1. The number of thioether (sulfide) groups is 2. The maximum absolute atomic E-state index is 12.5. The third-order valence-electron chi connectivity index (χ3n) is 3.63. The number of nitrogens with zero attached hydrogens (tertiary/aromatic N) is 1. The molecule has 0 radical (unpaired) electrons. The second kappa shape index (κ2) is 9.28. The van der Waals surface area contributed by atoms with Gasteiger partial charge >= 0.3 is 0 Å². The number of aromatic nitrogens is 2. The molecule has 0 spiro atoms. The molecule has 0 saturated heterocycles. The number of hydrogen-bond donors (Lipinski definition) is 2. The molecule has 1 aromatic carbocycles. The van der Waals surface area contributed by atoms with Crippen LogP contribution in [0.1, 0.15) is 37.6 Å². The van der Waals surface area contributed by atoms with Crippen LogP contribution in [0.25, 0.3) is 0 Å². The van der Waals surface area contributed by atoms with E-state index in [-0.39, 0.29) is 16.7 Å². The first kappa shape index (κ1) is 20.6. The Morgan fingerprint density at radius 1 is 1.23 bits per heavy atom. The summed E-state index contributed by atoms with van der Waals surface area (Å²) >= 11 is 2.98. The van der Waals surface area contributed by atoms with Gasteiger partial charge in [-0.05, 0) is 37.7 Å². The van der Waals surface area contributed by atoms with Crippen molar-refractivity contribution in [3.8, 4) is 0 Å². The van der Waals surface area contributed by atoms with E-state index >= 15 is 0 Å². The highest BCUT2D eigenvalue weighted by Crippen LogP contribution is 2.23. The summed E-state index contributed by atoms with van der Waals surface area (Å²) in [5.41, 5.74) is 3.52. The number of aromatic amines is 1. The minimum atomic E-state index is -0.383. The summed E-state index contributed by atoms with van der Waals surface area (Å²) in [6.07, 6.45) is 0. The Morgan fingerprint density at radius 3 is 2.62 bits per heavy atom. The van der Waals surface area contributed by atoms with Crippen molar-refractivity contribution in [3.63, 3.8) is 0 Å². The Morgan fingerprint density at radius 2 is 1.96 bits per heavy atom. The van der Waals surface area contributed by atoms with Gasteiger partial charge < -0.3 is 10.3 Å². The van der Waals surface area contributed by atoms with Gasteiger partial charge in [0.25, 0.3) is 5.56 Å². The smallest absolute Gasteiger partial charge is 0.251 e. The SMILES string of the molecule is Cc1ccc(NC(=O)C(C)Sc2nc(CSC(C)C)cc(=O)[nH]2)c(C)c1. The Hall–Kier alpha value is -1.73. The predicted octanol–water partition coefficient (Wildman–Crippen LogP) is 4.15. The second-order valence-corrected chi connectivity index (χ2v) is 9.36. The molecule has 2 N–H and O–H groups in total. The predicted molar refractivity (Wildman–Crippen MR) is 111 cm³/mol. The van der Waals surface area contributed by atoms with Crippen LogP contribution in [0, 0.1) is 13.8 Å². The summed E-state index contributed by atoms with van der Waals surface area (Å²) in [6.45, 7) is 10.00. The zero-order chi connectivity index (χ0) is 19.3. The fourth-order valence-electron chi connectivity index (χ4n) is 2.27. The first-order valence-electron chi connectivity index (χ1n) is 8.51. The van der Waals surface area contributed by atoms with Gasteiger partial charge in [0.1, 0.15) is 0 Å². The Labute approximate surface area is 162 Å². The van der Waals surface area contributed by atoms with Gasteiger partial charge in [0, 0.05) is 17.5 Å². The van der Waals surface area contributed by atoms with Crippen molar-refractivity contribution < 1.29 is 4.79 Å². The molecule has 0 saturated carbocycles. The number of amides is 1. The van der Waals surface area contributed by atoms with Gasteiger partial charge in [0.2, 0.25) is 5.91 Å². The number of carbonyl (C=O) groups excluding carboxylic acids is 1. The molecule has 140 valence electrons. The number of nitrogens with one attached hydrogen (secondary N) is 2. The molecular weight excluding hydrogens is 366 g/mol. The van der Waals surface area contributed by atoms with Crippen LogP contribution in [0.4, 0.5) is 5.69 Å². The Kier molecular flexibility index (Phi) is 7.34. The van der Waals surface area contributed by atoms with Gasteiger partial charge in [-0.2, -0.15) is 11.8 Å². The number of hydrogen-bond acceptors (Lipinski definition) is 5. The van der Waals surface area contributed by atoms with Crippen molar-refractivity contribution >= 4 is 35.1 Å². The van der Waals surface area contributed by atoms with Crippen molar-refractivity contribution in [3.05, 3.63) is 51.4 Å². The number of rotatable bonds is 7. The van der Waals surface area contributed by atoms with E-state index < -0.39 is 0 Å². The van der Waals surface area contributed by atoms with E-state index in [1.165, 1.54) is 17.8 Å². The topological polar surface area (TPSA) is 74.8 Å². The van der Waals surface area contributed by atoms with E-state index in [1.54, 1.807) is 18.7 Å². The summed E-state index contributed by atoms with van der Waals surface area (Å²) in [6, 6.07) is 7.42. The third kappa shape index (κ3) is 6.21. The second-order valence-electron chi connectivity index (χ2n) is 6.47. The summed E-state index contributed by atoms with van der Waals surface area (Å²) in [4.78, 5) is 31.5.